The molecule has 4 nitrogen and oxygen atoms in total. The Morgan fingerprint density at radius 1 is 1.32 bits per heavy atom. The smallest absolute Gasteiger partial charge is 0.410 e. The summed E-state index contributed by atoms with van der Waals surface area (Å²) < 4.78 is 5.47. The highest BCUT2D eigenvalue weighted by Crippen LogP contribution is 2.20. The number of carbonyl (C=O) groups is 1. The van der Waals surface area contributed by atoms with Gasteiger partial charge in [0.2, 0.25) is 0 Å². The molecule has 1 aromatic rings. The Morgan fingerprint density at radius 3 is 2.64 bits per heavy atom. The molecule has 0 spiro atoms. The molecule has 0 saturated carbocycles. The first kappa shape index (κ1) is 16.7. The minimum absolute atomic E-state index is 0.187. The Bertz CT molecular complexity index is 491. The molecule has 0 aliphatic carbocycles. The maximum Gasteiger partial charge on any atom is 0.410 e. The fourth-order valence-electron chi connectivity index (χ4n) is 2.66. The molecular weight excluding hydrogens is 276 g/mol. The monoisotopic (exact) mass is 304 g/mol. The number of hydrogen-bond donors (Lipinski definition) is 1. The molecule has 4 heteroatoms. The van der Waals surface area contributed by atoms with Gasteiger partial charge in [-0.2, -0.15) is 0 Å². The maximum atomic E-state index is 12.2. The molecule has 1 N–H and O–H groups in total. The van der Waals surface area contributed by atoms with E-state index in [-0.39, 0.29) is 6.09 Å². The molecule has 1 saturated heterocycles. The van der Waals surface area contributed by atoms with Crippen molar-refractivity contribution in [2.75, 3.05) is 25.0 Å². The van der Waals surface area contributed by atoms with Crippen molar-refractivity contribution in [1.29, 1.82) is 0 Å². The van der Waals surface area contributed by atoms with Gasteiger partial charge in [-0.25, -0.2) is 4.79 Å². The van der Waals surface area contributed by atoms with Gasteiger partial charge >= 0.3 is 6.09 Å². The molecule has 2 rings (SSSR count). The van der Waals surface area contributed by atoms with E-state index in [1.165, 1.54) is 5.56 Å². The van der Waals surface area contributed by atoms with Crippen molar-refractivity contribution in [1.82, 2.24) is 4.90 Å². The zero-order valence-electron chi connectivity index (χ0n) is 14.2. The summed E-state index contributed by atoms with van der Waals surface area (Å²) in [4.78, 5) is 14.0. The topological polar surface area (TPSA) is 41.6 Å². The van der Waals surface area contributed by atoms with Gasteiger partial charge in [0.1, 0.15) is 5.60 Å². The van der Waals surface area contributed by atoms with Crippen LogP contribution in [-0.4, -0.2) is 36.2 Å². The number of likely N-dealkylation sites (tertiary alicyclic amines) is 1. The van der Waals surface area contributed by atoms with E-state index >= 15 is 0 Å². The van der Waals surface area contributed by atoms with Gasteiger partial charge in [-0.15, -0.1) is 0 Å². The van der Waals surface area contributed by atoms with E-state index in [0.717, 1.165) is 38.2 Å². The van der Waals surface area contributed by atoms with Gasteiger partial charge in [-0.1, -0.05) is 17.7 Å². The largest absolute Gasteiger partial charge is 0.444 e. The van der Waals surface area contributed by atoms with Crippen molar-refractivity contribution in [3.8, 4) is 0 Å². The number of aryl methyl sites for hydroxylation is 1. The molecule has 1 fully saturated rings. The molecule has 22 heavy (non-hydrogen) atoms. The van der Waals surface area contributed by atoms with Gasteiger partial charge in [-0.05, 0) is 58.6 Å². The van der Waals surface area contributed by atoms with Gasteiger partial charge < -0.3 is 15.0 Å². The quantitative estimate of drug-likeness (QED) is 0.916. The highest BCUT2D eigenvalue weighted by molar-refractivity contribution is 5.68. The molecular formula is C18H28N2O2. The number of nitrogens with one attached hydrogen (secondary N) is 1. The minimum atomic E-state index is -0.426. The van der Waals surface area contributed by atoms with E-state index in [4.69, 9.17) is 4.74 Å². The summed E-state index contributed by atoms with van der Waals surface area (Å²) in [6.07, 6.45) is 2.00. The number of rotatable bonds is 3. The van der Waals surface area contributed by atoms with Crippen LogP contribution >= 0.6 is 0 Å². The van der Waals surface area contributed by atoms with Crippen LogP contribution in [0.5, 0.6) is 0 Å². The summed E-state index contributed by atoms with van der Waals surface area (Å²) in [5, 5.41) is 3.47. The average Bonchev–Trinajstić information content (AvgIpc) is 2.45. The van der Waals surface area contributed by atoms with Gasteiger partial charge in [0.15, 0.2) is 0 Å². The molecule has 1 aliphatic heterocycles. The van der Waals surface area contributed by atoms with Crippen molar-refractivity contribution < 1.29 is 9.53 Å². The lowest BCUT2D eigenvalue weighted by Gasteiger charge is -2.34. The summed E-state index contributed by atoms with van der Waals surface area (Å²) in [7, 11) is 0. The van der Waals surface area contributed by atoms with Crippen LogP contribution in [0.15, 0.2) is 24.3 Å². The Morgan fingerprint density at radius 2 is 2.00 bits per heavy atom. The van der Waals surface area contributed by atoms with Gasteiger partial charge in [-0.3, -0.25) is 0 Å². The van der Waals surface area contributed by atoms with Crippen LogP contribution < -0.4 is 5.32 Å². The zero-order chi connectivity index (χ0) is 16.2. The summed E-state index contributed by atoms with van der Waals surface area (Å²) in [5.74, 6) is 0.475. The van der Waals surface area contributed by atoms with Crippen LogP contribution in [0.1, 0.15) is 39.2 Å². The molecule has 1 atom stereocenters. The predicted octanol–water partition coefficient (Wildman–Crippen LogP) is 4.05. The van der Waals surface area contributed by atoms with E-state index in [9.17, 15) is 4.79 Å². The number of carbonyl (C=O) groups excluding carboxylic acids is 1. The van der Waals surface area contributed by atoms with E-state index in [2.05, 4.69) is 36.5 Å². The summed E-state index contributed by atoms with van der Waals surface area (Å²) >= 11 is 0. The molecule has 122 valence electrons. The lowest BCUT2D eigenvalue weighted by Crippen LogP contribution is -2.44. The Labute approximate surface area is 133 Å². The Balaban J connectivity index is 1.82. The van der Waals surface area contributed by atoms with Crippen LogP contribution in [0.25, 0.3) is 0 Å². The van der Waals surface area contributed by atoms with Gasteiger partial charge in [0.05, 0.1) is 0 Å². The van der Waals surface area contributed by atoms with Crippen molar-refractivity contribution >= 4 is 11.8 Å². The van der Waals surface area contributed by atoms with Crippen LogP contribution in [-0.2, 0) is 4.74 Å². The van der Waals surface area contributed by atoms with Crippen molar-refractivity contribution in [3.05, 3.63) is 29.8 Å². The van der Waals surface area contributed by atoms with Crippen molar-refractivity contribution in [2.24, 2.45) is 5.92 Å². The third-order valence-electron chi connectivity index (χ3n) is 3.82. The molecule has 1 amide bonds. The number of piperidine rings is 1. The summed E-state index contributed by atoms with van der Waals surface area (Å²) in [5.41, 5.74) is 1.98. The van der Waals surface area contributed by atoms with Gasteiger partial charge in [0, 0.05) is 25.3 Å². The highest BCUT2D eigenvalue weighted by Gasteiger charge is 2.27. The molecule has 1 heterocycles. The normalized spacial score (nSPS) is 18.9. The zero-order valence-corrected chi connectivity index (χ0v) is 14.2. The summed E-state index contributed by atoms with van der Waals surface area (Å²) in [6, 6.07) is 8.42. The molecule has 0 radical (unpaired) electrons. The number of nitrogens with zero attached hydrogens (tertiary/aromatic N) is 1. The number of hydrogen-bond acceptors (Lipinski definition) is 3. The van der Waals surface area contributed by atoms with Crippen LogP contribution in [0.4, 0.5) is 10.5 Å². The lowest BCUT2D eigenvalue weighted by molar-refractivity contribution is 0.0172. The van der Waals surface area contributed by atoms with Crippen LogP contribution in [0.2, 0.25) is 0 Å². The minimum Gasteiger partial charge on any atom is -0.444 e. The van der Waals surface area contributed by atoms with Crippen LogP contribution in [0.3, 0.4) is 0 Å². The second-order valence-corrected chi connectivity index (χ2v) is 7.18. The standard InChI is InChI=1S/C18H28N2O2/c1-14-7-9-16(10-8-14)19-12-15-6-5-11-20(13-15)17(21)22-18(2,3)4/h7-10,15,19H,5-6,11-13H2,1-4H3. The van der Waals surface area contributed by atoms with Gasteiger partial charge in [0.25, 0.3) is 0 Å². The first-order valence-electron chi connectivity index (χ1n) is 8.12. The fourth-order valence-corrected chi connectivity index (χ4v) is 2.66. The summed E-state index contributed by atoms with van der Waals surface area (Å²) in [6.45, 7) is 10.3. The molecule has 1 aromatic carbocycles. The number of benzene rings is 1. The SMILES string of the molecule is Cc1ccc(NCC2CCCN(C(=O)OC(C)(C)C)C2)cc1. The molecule has 0 aromatic heterocycles. The van der Waals surface area contributed by atoms with Crippen LogP contribution in [0, 0.1) is 12.8 Å². The molecule has 1 unspecified atom stereocenters. The van der Waals surface area contributed by atoms with E-state index < -0.39 is 5.60 Å². The van der Waals surface area contributed by atoms with Crippen molar-refractivity contribution in [2.45, 2.75) is 46.1 Å². The lowest BCUT2D eigenvalue weighted by atomic mass is 9.98. The first-order chi connectivity index (χ1) is 10.3. The van der Waals surface area contributed by atoms with Crippen molar-refractivity contribution in [3.63, 3.8) is 0 Å². The maximum absolute atomic E-state index is 12.2. The molecule has 0 bridgehead atoms. The Hall–Kier alpha value is -1.71. The second-order valence-electron chi connectivity index (χ2n) is 7.18. The van der Waals surface area contributed by atoms with E-state index in [1.807, 2.05) is 25.7 Å². The molecule has 1 aliphatic rings. The number of ether oxygens (including phenoxy) is 1. The third-order valence-corrected chi connectivity index (χ3v) is 3.82. The van der Waals surface area contributed by atoms with E-state index in [0.29, 0.717) is 5.92 Å². The van der Waals surface area contributed by atoms with E-state index in [1.54, 1.807) is 0 Å². The number of anilines is 1. The first-order valence-corrected chi connectivity index (χ1v) is 8.12. The average molecular weight is 304 g/mol. The second kappa shape index (κ2) is 7.03. The third kappa shape index (κ3) is 5.24. The Kier molecular flexibility index (Phi) is 5.33. The fraction of sp³-hybridized carbons (Fsp3) is 0.611. The number of amides is 1. The highest BCUT2D eigenvalue weighted by atomic mass is 16.6. The predicted molar refractivity (Wildman–Crippen MR) is 90.2 cm³/mol.